The molecule has 4 aromatic rings. The molecule has 3 aromatic heterocycles. The average molecular weight is 499 g/mol. The van der Waals surface area contributed by atoms with Crippen LogP contribution in [0.3, 0.4) is 0 Å². The highest BCUT2D eigenvalue weighted by atomic mass is 35.5. The number of nitrogens with zero attached hydrogens (tertiary/aromatic N) is 4. The van der Waals surface area contributed by atoms with Crippen molar-refractivity contribution < 1.29 is 18.6 Å². The molecule has 0 aliphatic heterocycles. The first-order valence-electron chi connectivity index (χ1n) is 10.5. The summed E-state index contributed by atoms with van der Waals surface area (Å²) in [6, 6.07) is 8.07. The second-order valence-electron chi connectivity index (χ2n) is 8.39. The minimum Gasteiger partial charge on any atom is -0.487 e. The van der Waals surface area contributed by atoms with Crippen molar-refractivity contribution in [3.8, 4) is 22.7 Å². The van der Waals surface area contributed by atoms with E-state index >= 15 is 0 Å². The standard InChI is InChI=1S/C25H21ClF2N4O3/c1-14-8-21(35-13-15-4-5-17(27)10-19(15)28)22(26)23(33)32(14)18-9-16(11-29-12-18)20-6-7-30-24(31-20)25(2,3)34/h4-12,34H,13H2,1-3H3. The van der Waals surface area contributed by atoms with E-state index in [1.807, 2.05) is 0 Å². The fourth-order valence-electron chi connectivity index (χ4n) is 3.41. The number of rotatable bonds is 6. The van der Waals surface area contributed by atoms with Crippen LogP contribution in [0.1, 0.15) is 30.9 Å². The number of aliphatic hydroxyl groups is 1. The van der Waals surface area contributed by atoms with E-state index in [1.165, 1.54) is 23.0 Å². The van der Waals surface area contributed by atoms with Crippen LogP contribution >= 0.6 is 11.6 Å². The normalized spacial score (nSPS) is 11.5. The summed E-state index contributed by atoms with van der Waals surface area (Å²) in [5.41, 5.74) is 0.389. The second kappa shape index (κ2) is 9.52. The first-order valence-corrected chi connectivity index (χ1v) is 10.9. The first-order chi connectivity index (χ1) is 16.5. The highest BCUT2D eigenvalue weighted by molar-refractivity contribution is 6.31. The van der Waals surface area contributed by atoms with E-state index in [-0.39, 0.29) is 28.8 Å². The molecule has 35 heavy (non-hydrogen) atoms. The third-order valence-electron chi connectivity index (χ3n) is 5.18. The molecule has 0 saturated carbocycles. The fraction of sp³-hybridized carbons (Fsp3) is 0.200. The summed E-state index contributed by atoms with van der Waals surface area (Å²) in [6.07, 6.45) is 4.62. The van der Waals surface area contributed by atoms with Crippen molar-refractivity contribution in [2.45, 2.75) is 33.0 Å². The van der Waals surface area contributed by atoms with Crippen LogP contribution in [0.2, 0.25) is 5.02 Å². The Morgan fingerprint density at radius 2 is 1.91 bits per heavy atom. The third-order valence-corrected chi connectivity index (χ3v) is 5.53. The molecule has 7 nitrogen and oxygen atoms in total. The van der Waals surface area contributed by atoms with E-state index in [1.54, 1.807) is 45.2 Å². The Morgan fingerprint density at radius 3 is 2.63 bits per heavy atom. The quantitative estimate of drug-likeness (QED) is 0.413. The van der Waals surface area contributed by atoms with Gasteiger partial charge in [0.2, 0.25) is 0 Å². The topological polar surface area (TPSA) is 90.1 Å². The van der Waals surface area contributed by atoms with Gasteiger partial charge in [0, 0.05) is 41.3 Å². The van der Waals surface area contributed by atoms with Crippen LogP contribution in [0, 0.1) is 18.6 Å². The van der Waals surface area contributed by atoms with Gasteiger partial charge in [-0.25, -0.2) is 18.7 Å². The van der Waals surface area contributed by atoms with Gasteiger partial charge in [-0.05, 0) is 45.0 Å². The van der Waals surface area contributed by atoms with Gasteiger partial charge in [-0.2, -0.15) is 0 Å². The van der Waals surface area contributed by atoms with Gasteiger partial charge in [0.15, 0.2) is 5.82 Å². The number of hydrogen-bond acceptors (Lipinski definition) is 6. The van der Waals surface area contributed by atoms with E-state index in [0.29, 0.717) is 22.6 Å². The molecule has 0 bridgehead atoms. The number of pyridine rings is 2. The van der Waals surface area contributed by atoms with Crippen LogP contribution < -0.4 is 10.3 Å². The van der Waals surface area contributed by atoms with E-state index in [0.717, 1.165) is 12.1 Å². The molecular formula is C25H21ClF2N4O3. The maximum absolute atomic E-state index is 13.9. The lowest BCUT2D eigenvalue weighted by Gasteiger charge is -2.16. The maximum Gasteiger partial charge on any atom is 0.277 e. The van der Waals surface area contributed by atoms with Gasteiger partial charge in [-0.1, -0.05) is 11.6 Å². The fourth-order valence-corrected chi connectivity index (χ4v) is 3.60. The predicted octanol–water partition coefficient (Wildman–Crippen LogP) is 4.74. The number of aryl methyl sites for hydroxylation is 1. The molecule has 10 heteroatoms. The van der Waals surface area contributed by atoms with Gasteiger partial charge in [0.25, 0.3) is 5.56 Å². The molecule has 180 valence electrons. The summed E-state index contributed by atoms with van der Waals surface area (Å²) < 4.78 is 34.0. The molecule has 4 rings (SSSR count). The van der Waals surface area contributed by atoms with E-state index in [4.69, 9.17) is 16.3 Å². The van der Waals surface area contributed by atoms with Gasteiger partial charge in [-0.3, -0.25) is 14.3 Å². The summed E-state index contributed by atoms with van der Waals surface area (Å²) in [5.74, 6) is -1.14. The Labute approximate surface area is 204 Å². The highest BCUT2D eigenvalue weighted by Crippen LogP contribution is 2.27. The Morgan fingerprint density at radius 1 is 1.14 bits per heavy atom. The lowest BCUT2D eigenvalue weighted by Crippen LogP contribution is -2.22. The number of hydrogen-bond donors (Lipinski definition) is 1. The van der Waals surface area contributed by atoms with Crippen LogP contribution in [0.5, 0.6) is 5.75 Å². The van der Waals surface area contributed by atoms with E-state index in [2.05, 4.69) is 15.0 Å². The summed E-state index contributed by atoms with van der Waals surface area (Å²) in [4.78, 5) is 25.8. The molecule has 3 heterocycles. The summed E-state index contributed by atoms with van der Waals surface area (Å²) >= 11 is 6.30. The number of halogens is 3. The van der Waals surface area contributed by atoms with Crippen molar-refractivity contribution in [2.24, 2.45) is 0 Å². The zero-order chi connectivity index (χ0) is 25.3. The Balaban J connectivity index is 1.67. The van der Waals surface area contributed by atoms with Gasteiger partial charge >= 0.3 is 0 Å². The minimum atomic E-state index is -1.23. The Kier molecular flexibility index (Phi) is 6.64. The van der Waals surface area contributed by atoms with Crippen LogP contribution in [-0.2, 0) is 12.2 Å². The number of aromatic nitrogens is 4. The summed E-state index contributed by atoms with van der Waals surface area (Å²) in [6.45, 7) is 4.62. The number of ether oxygens (including phenoxy) is 1. The van der Waals surface area contributed by atoms with E-state index < -0.39 is 22.8 Å². The molecular weight excluding hydrogens is 478 g/mol. The molecule has 0 unspecified atom stereocenters. The Bertz CT molecular complexity index is 1470. The van der Waals surface area contributed by atoms with Crippen LogP contribution in [0.25, 0.3) is 16.9 Å². The van der Waals surface area contributed by atoms with Gasteiger partial charge in [0.05, 0.1) is 17.6 Å². The molecule has 0 fully saturated rings. The molecule has 1 N–H and O–H groups in total. The smallest absolute Gasteiger partial charge is 0.277 e. The van der Waals surface area contributed by atoms with Gasteiger partial charge in [-0.15, -0.1) is 0 Å². The second-order valence-corrected chi connectivity index (χ2v) is 8.76. The summed E-state index contributed by atoms with van der Waals surface area (Å²) in [5, 5.41) is 10.0. The molecule has 0 radical (unpaired) electrons. The molecule has 0 spiro atoms. The number of benzene rings is 1. The molecule has 0 saturated heterocycles. The molecule has 0 aliphatic rings. The van der Waals surface area contributed by atoms with Crippen molar-refractivity contribution in [1.29, 1.82) is 0 Å². The van der Waals surface area contributed by atoms with Gasteiger partial charge in [0.1, 0.15) is 34.6 Å². The lowest BCUT2D eigenvalue weighted by molar-refractivity contribution is 0.0688. The Hall–Kier alpha value is -3.69. The third kappa shape index (κ3) is 5.21. The zero-order valence-corrected chi connectivity index (χ0v) is 19.8. The highest BCUT2D eigenvalue weighted by Gasteiger charge is 2.20. The molecule has 0 aliphatic carbocycles. The van der Waals surface area contributed by atoms with Gasteiger partial charge < -0.3 is 9.84 Å². The van der Waals surface area contributed by atoms with Crippen molar-refractivity contribution >= 4 is 11.6 Å². The minimum absolute atomic E-state index is 0.0730. The average Bonchev–Trinajstić information content (AvgIpc) is 2.81. The van der Waals surface area contributed by atoms with Crippen molar-refractivity contribution in [1.82, 2.24) is 19.5 Å². The van der Waals surface area contributed by atoms with Crippen molar-refractivity contribution in [3.05, 3.63) is 99.1 Å². The molecule has 0 amide bonds. The monoisotopic (exact) mass is 498 g/mol. The SMILES string of the molecule is Cc1cc(OCc2ccc(F)cc2F)c(Cl)c(=O)n1-c1cncc(-c2ccnc(C(C)(C)O)n2)c1. The lowest BCUT2D eigenvalue weighted by atomic mass is 10.1. The summed E-state index contributed by atoms with van der Waals surface area (Å²) in [7, 11) is 0. The van der Waals surface area contributed by atoms with E-state index in [9.17, 15) is 18.7 Å². The first kappa shape index (κ1) is 24.4. The molecule has 0 atom stereocenters. The van der Waals surface area contributed by atoms with Crippen molar-refractivity contribution in [2.75, 3.05) is 0 Å². The van der Waals surface area contributed by atoms with Crippen LogP contribution in [0.15, 0.2) is 59.8 Å². The van der Waals surface area contributed by atoms with Crippen LogP contribution in [0.4, 0.5) is 8.78 Å². The zero-order valence-electron chi connectivity index (χ0n) is 19.1. The van der Waals surface area contributed by atoms with Crippen LogP contribution in [-0.4, -0.2) is 24.6 Å². The maximum atomic E-state index is 13.9. The predicted molar refractivity (Wildman–Crippen MR) is 127 cm³/mol. The molecule has 1 aromatic carbocycles. The van der Waals surface area contributed by atoms with Crippen molar-refractivity contribution in [3.63, 3.8) is 0 Å². The largest absolute Gasteiger partial charge is 0.487 e.